The van der Waals surface area contributed by atoms with E-state index >= 15 is 0 Å². The molecule has 17 heavy (non-hydrogen) atoms. The second-order valence-corrected chi connectivity index (χ2v) is 4.17. The number of aromatic nitrogens is 2. The van der Waals surface area contributed by atoms with E-state index in [1.54, 1.807) is 17.0 Å². The van der Waals surface area contributed by atoms with E-state index in [9.17, 15) is 4.79 Å². The number of carbonyl (C=O) groups excluding carboxylic acids is 1. The monoisotopic (exact) mass is 237 g/mol. The Morgan fingerprint density at radius 2 is 2.35 bits per heavy atom. The summed E-state index contributed by atoms with van der Waals surface area (Å²) in [5.74, 6) is -0.122. The van der Waals surface area contributed by atoms with Gasteiger partial charge in [-0.05, 0) is 25.0 Å². The molecule has 94 valence electrons. The van der Waals surface area contributed by atoms with E-state index < -0.39 is 0 Å². The van der Waals surface area contributed by atoms with Crippen molar-refractivity contribution < 1.29 is 9.90 Å². The van der Waals surface area contributed by atoms with Gasteiger partial charge in [0.05, 0.1) is 5.69 Å². The van der Waals surface area contributed by atoms with Gasteiger partial charge in [-0.15, -0.1) is 0 Å². The van der Waals surface area contributed by atoms with Gasteiger partial charge in [0, 0.05) is 32.0 Å². The Hall–Kier alpha value is -1.62. The molecule has 0 aromatic carbocycles. The van der Waals surface area contributed by atoms with Crippen LogP contribution in [-0.4, -0.2) is 33.4 Å². The quantitative estimate of drug-likeness (QED) is 0.736. The fraction of sp³-hybridized carbons (Fsp3) is 0.500. The molecule has 5 nitrogen and oxygen atoms in total. The Morgan fingerprint density at radius 1 is 1.65 bits per heavy atom. The Kier molecular flexibility index (Phi) is 4.90. The summed E-state index contributed by atoms with van der Waals surface area (Å²) in [5, 5.41) is 15.7. The van der Waals surface area contributed by atoms with Crippen molar-refractivity contribution in [2.24, 2.45) is 13.0 Å². The average molecular weight is 237 g/mol. The number of rotatable bonds is 5. The van der Waals surface area contributed by atoms with E-state index in [-0.39, 0.29) is 24.5 Å². The first-order chi connectivity index (χ1) is 8.04. The minimum Gasteiger partial charge on any atom is -0.396 e. The van der Waals surface area contributed by atoms with Crippen LogP contribution in [0.2, 0.25) is 0 Å². The molecular formula is C12H19N3O2. The SMILES string of the molecule is CC(CO)C(C)NC(=O)/C=C/c1ccnn1C. The largest absolute Gasteiger partial charge is 0.396 e. The molecule has 5 heteroatoms. The fourth-order valence-electron chi connectivity index (χ4n) is 1.28. The lowest BCUT2D eigenvalue weighted by Gasteiger charge is -2.17. The van der Waals surface area contributed by atoms with Crippen LogP contribution in [0.3, 0.4) is 0 Å². The summed E-state index contributed by atoms with van der Waals surface area (Å²) >= 11 is 0. The van der Waals surface area contributed by atoms with Crippen molar-refractivity contribution in [1.82, 2.24) is 15.1 Å². The van der Waals surface area contributed by atoms with Crippen LogP contribution < -0.4 is 5.32 Å². The molecule has 0 aliphatic heterocycles. The van der Waals surface area contributed by atoms with Crippen molar-refractivity contribution in [1.29, 1.82) is 0 Å². The Labute approximate surface area is 101 Å². The van der Waals surface area contributed by atoms with Crippen molar-refractivity contribution in [3.05, 3.63) is 24.0 Å². The van der Waals surface area contributed by atoms with Gasteiger partial charge in [-0.25, -0.2) is 0 Å². The van der Waals surface area contributed by atoms with E-state index in [1.807, 2.05) is 27.0 Å². The smallest absolute Gasteiger partial charge is 0.244 e. The van der Waals surface area contributed by atoms with Crippen molar-refractivity contribution in [2.75, 3.05) is 6.61 Å². The molecule has 0 radical (unpaired) electrons. The van der Waals surface area contributed by atoms with Crippen molar-refractivity contribution in [3.63, 3.8) is 0 Å². The number of hydrogen-bond acceptors (Lipinski definition) is 3. The Morgan fingerprint density at radius 3 is 2.88 bits per heavy atom. The summed E-state index contributed by atoms with van der Waals surface area (Å²) in [6, 6.07) is 1.77. The molecule has 0 fully saturated rings. The van der Waals surface area contributed by atoms with Crippen LogP contribution in [0.4, 0.5) is 0 Å². The van der Waals surface area contributed by atoms with Crippen LogP contribution in [0.15, 0.2) is 18.3 Å². The number of aryl methyl sites for hydroxylation is 1. The predicted octanol–water partition coefficient (Wildman–Crippen LogP) is 0.566. The van der Waals surface area contributed by atoms with Gasteiger partial charge in [0.1, 0.15) is 0 Å². The van der Waals surface area contributed by atoms with Crippen molar-refractivity contribution >= 4 is 12.0 Å². The van der Waals surface area contributed by atoms with Crippen LogP contribution in [0.1, 0.15) is 19.5 Å². The topological polar surface area (TPSA) is 67.2 Å². The summed E-state index contributed by atoms with van der Waals surface area (Å²) in [6.07, 6.45) is 4.85. The van der Waals surface area contributed by atoms with Crippen LogP contribution in [0.5, 0.6) is 0 Å². The summed E-state index contributed by atoms with van der Waals surface area (Å²) in [5.41, 5.74) is 0.864. The van der Waals surface area contributed by atoms with E-state index in [0.717, 1.165) is 5.69 Å². The van der Waals surface area contributed by atoms with Gasteiger partial charge in [-0.1, -0.05) is 6.92 Å². The van der Waals surface area contributed by atoms with Gasteiger partial charge < -0.3 is 10.4 Å². The number of hydrogen-bond donors (Lipinski definition) is 2. The lowest BCUT2D eigenvalue weighted by molar-refractivity contribution is -0.117. The number of carbonyl (C=O) groups is 1. The van der Waals surface area contributed by atoms with Crippen LogP contribution in [-0.2, 0) is 11.8 Å². The van der Waals surface area contributed by atoms with Crippen molar-refractivity contribution in [3.8, 4) is 0 Å². The molecule has 1 aromatic heterocycles. The first-order valence-electron chi connectivity index (χ1n) is 5.62. The maximum absolute atomic E-state index is 11.6. The third-order valence-electron chi connectivity index (χ3n) is 2.78. The minimum absolute atomic E-state index is 0.0454. The fourth-order valence-corrected chi connectivity index (χ4v) is 1.28. The third kappa shape index (κ3) is 4.03. The summed E-state index contributed by atoms with van der Waals surface area (Å²) in [7, 11) is 1.81. The number of aliphatic hydroxyl groups excluding tert-OH is 1. The van der Waals surface area contributed by atoms with E-state index in [4.69, 9.17) is 5.11 Å². The average Bonchev–Trinajstić information content (AvgIpc) is 2.71. The molecule has 1 amide bonds. The first-order valence-corrected chi connectivity index (χ1v) is 5.62. The predicted molar refractivity (Wildman–Crippen MR) is 66.1 cm³/mol. The van der Waals surface area contributed by atoms with Gasteiger partial charge in [-0.3, -0.25) is 9.48 Å². The van der Waals surface area contributed by atoms with Gasteiger partial charge in [-0.2, -0.15) is 5.10 Å². The normalized spacial score (nSPS) is 14.8. The molecule has 1 aromatic rings. The zero-order valence-corrected chi connectivity index (χ0v) is 10.4. The molecule has 2 unspecified atom stereocenters. The van der Waals surface area contributed by atoms with E-state index in [2.05, 4.69) is 10.4 Å². The van der Waals surface area contributed by atoms with Gasteiger partial charge in [0.15, 0.2) is 0 Å². The number of aliphatic hydroxyl groups is 1. The molecule has 2 atom stereocenters. The number of nitrogens with zero attached hydrogens (tertiary/aromatic N) is 2. The van der Waals surface area contributed by atoms with Gasteiger partial charge >= 0.3 is 0 Å². The molecular weight excluding hydrogens is 218 g/mol. The summed E-state index contributed by atoms with van der Waals surface area (Å²) < 4.78 is 1.68. The molecule has 0 saturated heterocycles. The summed E-state index contributed by atoms with van der Waals surface area (Å²) in [6.45, 7) is 3.82. The lowest BCUT2D eigenvalue weighted by atomic mass is 10.1. The highest BCUT2D eigenvalue weighted by molar-refractivity contribution is 5.91. The second kappa shape index (κ2) is 6.20. The van der Waals surface area contributed by atoms with Crippen LogP contribution in [0, 0.1) is 5.92 Å². The third-order valence-corrected chi connectivity index (χ3v) is 2.78. The molecule has 0 bridgehead atoms. The van der Waals surface area contributed by atoms with E-state index in [1.165, 1.54) is 6.08 Å². The van der Waals surface area contributed by atoms with Crippen LogP contribution in [0.25, 0.3) is 6.08 Å². The molecule has 1 rings (SSSR count). The number of nitrogens with one attached hydrogen (secondary N) is 1. The standard InChI is InChI=1S/C12H19N3O2/c1-9(8-16)10(2)14-12(17)5-4-11-6-7-13-15(11)3/h4-7,9-10,16H,8H2,1-3H3,(H,14,17)/b5-4+. The molecule has 0 aliphatic carbocycles. The molecule has 1 heterocycles. The van der Waals surface area contributed by atoms with Gasteiger partial charge in [0.2, 0.25) is 5.91 Å². The summed E-state index contributed by atoms with van der Waals surface area (Å²) in [4.78, 5) is 11.6. The Balaban J connectivity index is 2.50. The lowest BCUT2D eigenvalue weighted by Crippen LogP contribution is -2.37. The van der Waals surface area contributed by atoms with Crippen molar-refractivity contribution in [2.45, 2.75) is 19.9 Å². The number of amides is 1. The Bertz CT molecular complexity index is 398. The molecule has 2 N–H and O–H groups in total. The molecule has 0 aliphatic rings. The zero-order chi connectivity index (χ0) is 12.8. The second-order valence-electron chi connectivity index (χ2n) is 4.17. The highest BCUT2D eigenvalue weighted by Gasteiger charge is 2.12. The molecule has 0 saturated carbocycles. The molecule has 0 spiro atoms. The highest BCUT2D eigenvalue weighted by atomic mass is 16.3. The minimum atomic E-state index is -0.168. The highest BCUT2D eigenvalue weighted by Crippen LogP contribution is 2.02. The zero-order valence-electron chi connectivity index (χ0n) is 10.4. The van der Waals surface area contributed by atoms with Gasteiger partial charge in [0.25, 0.3) is 0 Å². The van der Waals surface area contributed by atoms with Crippen LogP contribution >= 0.6 is 0 Å². The first kappa shape index (κ1) is 13.4. The maximum Gasteiger partial charge on any atom is 0.244 e. The maximum atomic E-state index is 11.6. The van der Waals surface area contributed by atoms with E-state index in [0.29, 0.717) is 0 Å².